The third kappa shape index (κ3) is 5.23. The van der Waals surface area contributed by atoms with Crippen molar-refractivity contribution in [3.05, 3.63) is 98.5 Å². The normalized spacial score (nSPS) is 18.3. The van der Waals surface area contributed by atoms with Gasteiger partial charge in [-0.25, -0.2) is 0 Å². The van der Waals surface area contributed by atoms with Crippen molar-refractivity contribution in [2.24, 2.45) is 4.99 Å². The fourth-order valence-electron chi connectivity index (χ4n) is 4.42. The summed E-state index contributed by atoms with van der Waals surface area (Å²) in [4.78, 5) is 17.2. The van der Waals surface area contributed by atoms with E-state index in [1.807, 2.05) is 41.9 Å². The monoisotopic (exact) mass is 593 g/mol. The molecule has 1 amide bonds. The van der Waals surface area contributed by atoms with Crippen LogP contribution in [-0.4, -0.2) is 45.3 Å². The van der Waals surface area contributed by atoms with E-state index in [2.05, 4.69) is 64.4 Å². The molecule has 5 rings (SSSR count). The Kier molecular flexibility index (Phi) is 6.95. The number of fused-ring (bicyclic) bond motifs is 1. The Balaban J connectivity index is 1.47. The van der Waals surface area contributed by atoms with Crippen LogP contribution in [-0.2, 0) is 6.54 Å². The van der Waals surface area contributed by atoms with Crippen LogP contribution in [0.25, 0.3) is 11.3 Å². The number of aryl methyl sites for hydroxylation is 1. The molecule has 2 heterocycles. The van der Waals surface area contributed by atoms with Crippen molar-refractivity contribution in [2.75, 3.05) is 6.54 Å². The third-order valence-corrected chi connectivity index (χ3v) is 6.83. The van der Waals surface area contributed by atoms with Gasteiger partial charge in [0.1, 0.15) is 17.3 Å². The fourth-order valence-corrected chi connectivity index (χ4v) is 5.24. The molecule has 0 saturated heterocycles. The molecule has 0 radical (unpaired) electrons. The summed E-state index contributed by atoms with van der Waals surface area (Å²) in [6.07, 6.45) is 6.28. The van der Waals surface area contributed by atoms with Crippen LogP contribution >= 0.6 is 22.6 Å². The Hall–Kier alpha value is -3.40. The predicted octanol–water partition coefficient (Wildman–Crippen LogP) is 4.75. The van der Waals surface area contributed by atoms with Crippen molar-refractivity contribution < 1.29 is 9.90 Å². The maximum Gasteiger partial charge on any atom is 0.251 e. The molecule has 0 fully saturated rings. The number of allylic oxidation sites excluding steroid dienone is 1. The van der Waals surface area contributed by atoms with E-state index in [0.717, 1.165) is 38.3 Å². The number of benzene rings is 2. The van der Waals surface area contributed by atoms with Gasteiger partial charge in [-0.3, -0.25) is 14.5 Å². The van der Waals surface area contributed by atoms with Gasteiger partial charge in [0.2, 0.25) is 0 Å². The molecule has 2 aromatic carbocycles. The Morgan fingerprint density at radius 2 is 2.00 bits per heavy atom. The minimum atomic E-state index is -0.0855. The summed E-state index contributed by atoms with van der Waals surface area (Å²) in [5.41, 5.74) is 5.66. The third-order valence-electron chi connectivity index (χ3n) is 6.21. The first-order valence-corrected chi connectivity index (χ1v) is 13.1. The summed E-state index contributed by atoms with van der Waals surface area (Å²) in [5, 5.41) is 21.2. The molecule has 0 saturated carbocycles. The lowest BCUT2D eigenvalue weighted by molar-refractivity contribution is 0.0953. The molecule has 36 heavy (non-hydrogen) atoms. The molecular formula is C28H28IN5O2. The number of aromatic nitrogens is 2. The molecular weight excluding hydrogens is 565 g/mol. The van der Waals surface area contributed by atoms with Gasteiger partial charge in [0.05, 0.1) is 24.3 Å². The van der Waals surface area contributed by atoms with Crippen molar-refractivity contribution in [2.45, 2.75) is 38.9 Å². The second-order valence-electron chi connectivity index (χ2n) is 9.13. The van der Waals surface area contributed by atoms with Crippen LogP contribution in [0.4, 0.5) is 0 Å². The van der Waals surface area contributed by atoms with Gasteiger partial charge in [0.15, 0.2) is 0 Å². The number of rotatable bonds is 7. The highest BCUT2D eigenvalue weighted by molar-refractivity contribution is 14.1. The predicted molar refractivity (Wildman–Crippen MR) is 150 cm³/mol. The number of hydrogen-bond acceptors (Lipinski definition) is 5. The number of carbonyl (C=O) groups is 1. The summed E-state index contributed by atoms with van der Waals surface area (Å²) in [7, 11) is 0. The minimum Gasteiger partial charge on any atom is -0.508 e. The lowest BCUT2D eigenvalue weighted by Gasteiger charge is -2.15. The number of halogens is 1. The number of aliphatic imine (C=N–C) groups is 1. The largest absolute Gasteiger partial charge is 0.508 e. The van der Waals surface area contributed by atoms with Crippen molar-refractivity contribution in [1.29, 1.82) is 0 Å². The Morgan fingerprint density at radius 1 is 1.19 bits per heavy atom. The Bertz CT molecular complexity index is 1370. The maximum absolute atomic E-state index is 12.3. The van der Waals surface area contributed by atoms with Crippen LogP contribution in [0.5, 0.6) is 0 Å². The molecule has 8 heteroatoms. The van der Waals surface area contributed by atoms with Crippen LogP contribution in [0.2, 0.25) is 0 Å². The zero-order valence-corrected chi connectivity index (χ0v) is 22.4. The Labute approximate surface area is 224 Å². The highest BCUT2D eigenvalue weighted by Gasteiger charge is 2.30. The molecule has 2 unspecified atom stereocenters. The molecule has 3 aromatic rings. The van der Waals surface area contributed by atoms with E-state index in [1.165, 1.54) is 5.56 Å². The van der Waals surface area contributed by atoms with E-state index in [9.17, 15) is 9.90 Å². The molecule has 2 atom stereocenters. The van der Waals surface area contributed by atoms with E-state index in [4.69, 9.17) is 10.1 Å². The summed E-state index contributed by atoms with van der Waals surface area (Å²) >= 11 is 2.33. The van der Waals surface area contributed by atoms with Gasteiger partial charge in [-0.05, 0) is 95.6 Å². The molecule has 7 nitrogen and oxygen atoms in total. The lowest BCUT2D eigenvalue weighted by atomic mass is 10.0. The van der Waals surface area contributed by atoms with Crippen LogP contribution < -0.4 is 10.6 Å². The van der Waals surface area contributed by atoms with Crippen molar-refractivity contribution in [3.8, 4) is 11.3 Å². The number of amides is 1. The molecule has 0 spiro atoms. The average Bonchev–Trinajstić information content (AvgIpc) is 3.46. The fraction of sp³-hybridized carbons (Fsp3) is 0.250. The zero-order chi connectivity index (χ0) is 25.2. The van der Waals surface area contributed by atoms with Crippen molar-refractivity contribution >= 4 is 34.3 Å². The number of nitrogens with zero attached hydrogens (tertiary/aromatic N) is 3. The van der Waals surface area contributed by atoms with Crippen LogP contribution in [0.15, 0.2) is 77.5 Å². The van der Waals surface area contributed by atoms with Gasteiger partial charge in [0.25, 0.3) is 5.91 Å². The first-order chi connectivity index (χ1) is 17.4. The number of nitrogens with one attached hydrogen (secondary N) is 2. The lowest BCUT2D eigenvalue weighted by Crippen LogP contribution is -2.34. The summed E-state index contributed by atoms with van der Waals surface area (Å²) in [6.45, 7) is 5.31. The van der Waals surface area contributed by atoms with E-state index < -0.39 is 0 Å². The quantitative estimate of drug-likeness (QED) is 0.345. The number of aliphatic hydroxyl groups excluding tert-OH is 1. The first-order valence-electron chi connectivity index (χ1n) is 12.1. The Morgan fingerprint density at radius 3 is 2.75 bits per heavy atom. The van der Waals surface area contributed by atoms with E-state index in [0.29, 0.717) is 18.7 Å². The summed E-state index contributed by atoms with van der Waals surface area (Å²) in [5.74, 6) is 0.931. The van der Waals surface area contributed by atoms with Gasteiger partial charge < -0.3 is 15.7 Å². The number of hydrogen-bond donors (Lipinski definition) is 3. The second kappa shape index (κ2) is 10.3. The van der Waals surface area contributed by atoms with E-state index >= 15 is 0 Å². The van der Waals surface area contributed by atoms with Crippen molar-refractivity contribution in [1.82, 2.24) is 20.4 Å². The van der Waals surface area contributed by atoms with Gasteiger partial charge in [-0.15, -0.1) is 0 Å². The highest BCUT2D eigenvalue weighted by Crippen LogP contribution is 2.26. The maximum atomic E-state index is 12.3. The van der Waals surface area contributed by atoms with Gasteiger partial charge in [-0.2, -0.15) is 5.10 Å². The van der Waals surface area contributed by atoms with Crippen molar-refractivity contribution in [3.63, 3.8) is 0 Å². The SMILES string of the molecule is CCCNC(=O)c1ccc(Cn2nc(-c3cc(C)cc(I)c3)cc2C2=NC3C=CC(O)=CC3N2)cc1. The molecule has 1 aliphatic carbocycles. The zero-order valence-electron chi connectivity index (χ0n) is 20.2. The van der Waals surface area contributed by atoms with Gasteiger partial charge in [0, 0.05) is 21.2 Å². The van der Waals surface area contributed by atoms with Gasteiger partial charge >= 0.3 is 0 Å². The molecule has 184 valence electrons. The van der Waals surface area contributed by atoms with E-state index in [-0.39, 0.29) is 23.8 Å². The van der Waals surface area contributed by atoms with Crippen LogP contribution in [0.3, 0.4) is 0 Å². The highest BCUT2D eigenvalue weighted by atomic mass is 127. The molecule has 0 bridgehead atoms. The molecule has 2 aliphatic rings. The topological polar surface area (TPSA) is 91.5 Å². The average molecular weight is 593 g/mol. The molecule has 3 N–H and O–H groups in total. The second-order valence-corrected chi connectivity index (χ2v) is 10.4. The van der Waals surface area contributed by atoms with E-state index in [1.54, 1.807) is 12.2 Å². The van der Waals surface area contributed by atoms with Crippen LogP contribution in [0.1, 0.15) is 40.5 Å². The number of carbonyl (C=O) groups excluding carboxylic acids is 1. The first kappa shape index (κ1) is 24.3. The molecule has 1 aliphatic heterocycles. The minimum absolute atomic E-state index is 0.0593. The standard InChI is InChI=1S/C28H28IN5O2/c1-3-10-30-28(36)19-6-4-18(5-7-19)16-34-26(27-31-23-9-8-22(35)14-25(23)32-27)15-24(33-34)20-11-17(2)12-21(29)13-20/h4-9,11-15,23,25,35H,3,10,16H2,1-2H3,(H,30,36)(H,31,32). The smallest absolute Gasteiger partial charge is 0.251 e. The summed E-state index contributed by atoms with van der Waals surface area (Å²) in [6, 6.07) is 15.9. The summed E-state index contributed by atoms with van der Waals surface area (Å²) < 4.78 is 3.11. The number of aliphatic hydroxyl groups is 1. The van der Waals surface area contributed by atoms with Crippen LogP contribution in [0, 0.1) is 10.5 Å². The molecule has 1 aromatic heterocycles. The number of amidine groups is 1. The van der Waals surface area contributed by atoms with Gasteiger partial charge in [-0.1, -0.05) is 25.1 Å².